The quantitative estimate of drug-likeness (QED) is 0.538. The molecule has 2 heterocycles. The van der Waals surface area contributed by atoms with E-state index < -0.39 is 33.6 Å². The molecule has 1 saturated heterocycles. The van der Waals surface area contributed by atoms with Crippen molar-refractivity contribution in [3.8, 4) is 0 Å². The average molecular weight is 493 g/mol. The third-order valence-corrected chi connectivity index (χ3v) is 8.40. The number of sulfonamides is 1. The molecule has 0 saturated carbocycles. The first-order valence-electron chi connectivity index (χ1n) is 10.4. The Kier molecular flexibility index (Phi) is 6.55. The number of aromatic nitrogens is 2. The van der Waals surface area contributed by atoms with Crippen LogP contribution in [0.2, 0.25) is 0 Å². The van der Waals surface area contributed by atoms with Gasteiger partial charge in [0.05, 0.1) is 10.9 Å². The van der Waals surface area contributed by atoms with Gasteiger partial charge in [-0.25, -0.2) is 17.2 Å². The van der Waals surface area contributed by atoms with Gasteiger partial charge in [0.25, 0.3) is 5.91 Å². The summed E-state index contributed by atoms with van der Waals surface area (Å²) in [5.41, 5.74) is 1.12. The van der Waals surface area contributed by atoms with E-state index in [1.54, 1.807) is 12.1 Å². The number of rotatable bonds is 6. The molecule has 1 aromatic heterocycles. The highest BCUT2D eigenvalue weighted by Gasteiger charge is 2.38. The fourth-order valence-electron chi connectivity index (χ4n) is 3.65. The first-order valence-corrected chi connectivity index (χ1v) is 12.6. The molecule has 4 rings (SSSR count). The highest BCUT2D eigenvalue weighted by molar-refractivity contribution is 7.89. The Labute approximate surface area is 194 Å². The lowest BCUT2D eigenvalue weighted by Crippen LogP contribution is -2.30. The summed E-state index contributed by atoms with van der Waals surface area (Å²) in [6, 6.07) is 9.33. The maximum absolute atomic E-state index is 13.4. The number of anilines is 1. The van der Waals surface area contributed by atoms with Gasteiger partial charge in [-0.05, 0) is 48.6 Å². The minimum absolute atomic E-state index is 0.000248. The largest absolute Gasteiger partial charge is 0.320 e. The second-order valence-corrected chi connectivity index (χ2v) is 10.9. The molecule has 0 radical (unpaired) electrons. The number of nitrogens with zero attached hydrogens (tertiary/aromatic N) is 3. The number of halogens is 2. The molecule has 1 N–H and O–H groups in total. The van der Waals surface area contributed by atoms with Gasteiger partial charge in [-0.15, -0.1) is 10.2 Å². The summed E-state index contributed by atoms with van der Waals surface area (Å²) in [7, 11) is -3.75. The van der Waals surface area contributed by atoms with Crippen LogP contribution in [0.4, 0.5) is 14.5 Å². The van der Waals surface area contributed by atoms with Crippen LogP contribution >= 0.6 is 11.3 Å². The Morgan fingerprint density at radius 2 is 1.85 bits per heavy atom. The van der Waals surface area contributed by atoms with Crippen molar-refractivity contribution in [1.82, 2.24) is 14.5 Å². The van der Waals surface area contributed by atoms with Crippen LogP contribution in [0.5, 0.6) is 0 Å². The van der Waals surface area contributed by atoms with Crippen LogP contribution < -0.4 is 5.32 Å². The summed E-state index contributed by atoms with van der Waals surface area (Å²) in [5.74, 6) is -2.45. The van der Waals surface area contributed by atoms with Gasteiger partial charge in [0, 0.05) is 18.3 Å². The van der Waals surface area contributed by atoms with Gasteiger partial charge in [-0.2, -0.15) is 4.31 Å². The second kappa shape index (κ2) is 9.24. The predicted octanol–water partition coefficient (Wildman–Crippen LogP) is 4.72. The molecule has 1 atom stereocenters. The van der Waals surface area contributed by atoms with Crippen molar-refractivity contribution in [2.24, 2.45) is 0 Å². The van der Waals surface area contributed by atoms with Gasteiger partial charge in [0.15, 0.2) is 11.6 Å². The van der Waals surface area contributed by atoms with Crippen LogP contribution in [0.3, 0.4) is 0 Å². The first kappa shape index (κ1) is 23.4. The molecule has 174 valence electrons. The molecule has 2 aromatic carbocycles. The molecule has 11 heteroatoms. The van der Waals surface area contributed by atoms with Crippen molar-refractivity contribution in [3.63, 3.8) is 0 Å². The maximum atomic E-state index is 13.4. The van der Waals surface area contributed by atoms with Crippen molar-refractivity contribution in [2.75, 3.05) is 11.9 Å². The topological polar surface area (TPSA) is 92.3 Å². The molecule has 0 spiro atoms. The summed E-state index contributed by atoms with van der Waals surface area (Å²) in [6.07, 6.45) is 1.21. The van der Waals surface area contributed by atoms with Crippen LogP contribution in [0.15, 0.2) is 47.4 Å². The standard InChI is InChI=1S/C22H22F2N4O3S2/c1-13(2)14-5-8-16(9-6-14)33(30,31)28-11-3-4-19(28)21-26-27-22(32-21)20(29)25-15-7-10-17(23)18(24)12-15/h5-10,12-13,19H,3-4,11H2,1-2H3,(H,25,29)/t19-/m0/s1. The van der Waals surface area contributed by atoms with Crippen molar-refractivity contribution < 1.29 is 22.0 Å². The molecular weight excluding hydrogens is 470 g/mol. The zero-order valence-corrected chi connectivity index (χ0v) is 19.6. The summed E-state index contributed by atoms with van der Waals surface area (Å²) < 4.78 is 54.4. The number of hydrogen-bond donors (Lipinski definition) is 1. The Bertz CT molecular complexity index is 1280. The molecule has 7 nitrogen and oxygen atoms in total. The Balaban J connectivity index is 1.53. The van der Waals surface area contributed by atoms with Crippen LogP contribution in [-0.2, 0) is 10.0 Å². The highest BCUT2D eigenvalue weighted by Crippen LogP contribution is 2.38. The van der Waals surface area contributed by atoms with E-state index in [9.17, 15) is 22.0 Å². The number of carbonyl (C=O) groups excluding carboxylic acids is 1. The van der Waals surface area contributed by atoms with Crippen LogP contribution in [0.25, 0.3) is 0 Å². The number of benzene rings is 2. The van der Waals surface area contributed by atoms with Crippen LogP contribution in [0, 0.1) is 11.6 Å². The molecule has 0 bridgehead atoms. The fourth-order valence-corrected chi connectivity index (χ4v) is 6.27. The Hall–Kier alpha value is -2.76. The van der Waals surface area contributed by atoms with E-state index in [1.807, 2.05) is 26.0 Å². The molecule has 1 amide bonds. The molecular formula is C22H22F2N4O3S2. The van der Waals surface area contributed by atoms with Crippen LogP contribution in [-0.4, -0.2) is 35.4 Å². The lowest BCUT2D eigenvalue weighted by Gasteiger charge is -2.22. The van der Waals surface area contributed by atoms with Crippen LogP contribution in [0.1, 0.15) is 59.0 Å². The number of hydrogen-bond acceptors (Lipinski definition) is 6. The zero-order chi connectivity index (χ0) is 23.8. The number of nitrogens with one attached hydrogen (secondary N) is 1. The number of amides is 1. The van der Waals surface area contributed by atoms with E-state index in [0.29, 0.717) is 30.3 Å². The second-order valence-electron chi connectivity index (χ2n) is 8.03. The molecule has 1 fully saturated rings. The van der Waals surface area contributed by atoms with Gasteiger partial charge in [0.2, 0.25) is 15.0 Å². The normalized spacial score (nSPS) is 16.9. The lowest BCUT2D eigenvalue weighted by molar-refractivity contribution is 0.102. The van der Waals surface area contributed by atoms with Crippen molar-refractivity contribution in [3.05, 3.63) is 69.7 Å². The van der Waals surface area contributed by atoms with Crippen molar-refractivity contribution in [1.29, 1.82) is 0 Å². The van der Waals surface area contributed by atoms with E-state index in [1.165, 1.54) is 10.4 Å². The van der Waals surface area contributed by atoms with E-state index in [-0.39, 0.29) is 15.6 Å². The minimum atomic E-state index is -3.75. The molecule has 3 aromatic rings. The van der Waals surface area contributed by atoms with E-state index in [2.05, 4.69) is 15.5 Å². The highest BCUT2D eigenvalue weighted by atomic mass is 32.2. The molecule has 0 unspecified atom stereocenters. The molecule has 33 heavy (non-hydrogen) atoms. The van der Waals surface area contributed by atoms with Gasteiger partial charge >= 0.3 is 0 Å². The Morgan fingerprint density at radius 3 is 2.52 bits per heavy atom. The smallest absolute Gasteiger partial charge is 0.286 e. The third kappa shape index (κ3) is 4.80. The van der Waals surface area contributed by atoms with Gasteiger partial charge in [0.1, 0.15) is 5.01 Å². The lowest BCUT2D eigenvalue weighted by atomic mass is 10.0. The summed E-state index contributed by atoms with van der Waals surface area (Å²) in [6.45, 7) is 4.42. The Morgan fingerprint density at radius 1 is 1.12 bits per heavy atom. The summed E-state index contributed by atoms with van der Waals surface area (Å²) in [5, 5.41) is 10.8. The van der Waals surface area contributed by atoms with Crippen molar-refractivity contribution in [2.45, 2.75) is 43.5 Å². The zero-order valence-electron chi connectivity index (χ0n) is 18.0. The summed E-state index contributed by atoms with van der Waals surface area (Å²) in [4.78, 5) is 12.7. The minimum Gasteiger partial charge on any atom is -0.320 e. The average Bonchev–Trinajstić information content (AvgIpc) is 3.46. The maximum Gasteiger partial charge on any atom is 0.286 e. The summed E-state index contributed by atoms with van der Waals surface area (Å²) >= 11 is 0.978. The SMILES string of the molecule is CC(C)c1ccc(S(=O)(=O)N2CCC[C@H]2c2nnc(C(=O)Nc3ccc(F)c(F)c3)s2)cc1. The van der Waals surface area contributed by atoms with E-state index in [4.69, 9.17) is 0 Å². The van der Waals surface area contributed by atoms with E-state index >= 15 is 0 Å². The molecule has 0 aliphatic carbocycles. The predicted molar refractivity (Wildman–Crippen MR) is 121 cm³/mol. The number of carbonyl (C=O) groups is 1. The molecule has 1 aliphatic rings. The van der Waals surface area contributed by atoms with E-state index in [0.717, 1.165) is 29.0 Å². The van der Waals surface area contributed by atoms with Gasteiger partial charge in [-0.3, -0.25) is 4.79 Å². The molecule has 1 aliphatic heterocycles. The van der Waals surface area contributed by atoms with Gasteiger partial charge in [-0.1, -0.05) is 37.3 Å². The first-order chi connectivity index (χ1) is 15.7. The monoisotopic (exact) mass is 492 g/mol. The van der Waals surface area contributed by atoms with Gasteiger partial charge < -0.3 is 5.32 Å². The third-order valence-electron chi connectivity index (χ3n) is 5.45. The van der Waals surface area contributed by atoms with Crippen molar-refractivity contribution >= 4 is 33.0 Å². The fraction of sp³-hybridized carbons (Fsp3) is 0.318.